The van der Waals surface area contributed by atoms with Crippen LogP contribution in [0.15, 0.2) is 34.7 Å². The molecular formula is C15H12N2O8. The Morgan fingerprint density at radius 3 is 2.64 bits per heavy atom. The minimum atomic E-state index is -0.981. The summed E-state index contributed by atoms with van der Waals surface area (Å²) in [7, 11) is 0. The maximum atomic E-state index is 11.8. The van der Waals surface area contributed by atoms with E-state index in [-0.39, 0.29) is 5.76 Å². The van der Waals surface area contributed by atoms with Crippen LogP contribution in [-0.2, 0) is 9.53 Å². The van der Waals surface area contributed by atoms with Crippen LogP contribution in [0.25, 0.3) is 0 Å². The molecule has 1 aromatic heterocycles. The van der Waals surface area contributed by atoms with Crippen LogP contribution in [0.2, 0.25) is 0 Å². The lowest BCUT2D eigenvalue weighted by Gasteiger charge is -2.18. The summed E-state index contributed by atoms with van der Waals surface area (Å²) < 4.78 is 20.2. The number of benzene rings is 1. The summed E-state index contributed by atoms with van der Waals surface area (Å²) in [4.78, 5) is 33.2. The summed E-state index contributed by atoms with van der Waals surface area (Å²) in [6.07, 6.45) is 0. The Labute approximate surface area is 140 Å². The van der Waals surface area contributed by atoms with Gasteiger partial charge in [0.2, 0.25) is 5.76 Å². The highest BCUT2D eigenvalue weighted by molar-refractivity contribution is 5.94. The Kier molecular flexibility index (Phi) is 4.50. The number of nitrogens with zero attached hydrogens (tertiary/aromatic N) is 1. The minimum Gasteiger partial charge on any atom is -0.486 e. The predicted molar refractivity (Wildman–Crippen MR) is 81.7 cm³/mol. The van der Waals surface area contributed by atoms with E-state index >= 15 is 0 Å². The number of esters is 1. The molecule has 130 valence electrons. The number of nitro groups is 1. The summed E-state index contributed by atoms with van der Waals surface area (Å²) in [6.45, 7) is 0.290. The summed E-state index contributed by atoms with van der Waals surface area (Å²) >= 11 is 0. The summed E-state index contributed by atoms with van der Waals surface area (Å²) in [5, 5.41) is 13.0. The molecule has 1 amide bonds. The number of carbonyl (C=O) groups is 2. The van der Waals surface area contributed by atoms with Gasteiger partial charge in [-0.15, -0.1) is 0 Å². The first kappa shape index (κ1) is 16.3. The number of hydrogen-bond acceptors (Lipinski definition) is 8. The van der Waals surface area contributed by atoms with Crippen molar-refractivity contribution < 1.29 is 33.1 Å². The van der Waals surface area contributed by atoms with E-state index < -0.39 is 29.3 Å². The lowest BCUT2D eigenvalue weighted by Crippen LogP contribution is -2.21. The van der Waals surface area contributed by atoms with Gasteiger partial charge in [-0.05, 0) is 18.2 Å². The highest BCUT2D eigenvalue weighted by Gasteiger charge is 2.19. The van der Waals surface area contributed by atoms with E-state index in [9.17, 15) is 19.7 Å². The van der Waals surface area contributed by atoms with Crippen LogP contribution < -0.4 is 14.8 Å². The van der Waals surface area contributed by atoms with E-state index in [0.29, 0.717) is 30.4 Å². The number of rotatable bonds is 5. The highest BCUT2D eigenvalue weighted by atomic mass is 16.7. The molecule has 0 radical (unpaired) electrons. The van der Waals surface area contributed by atoms with Crippen LogP contribution in [0.3, 0.4) is 0 Å². The molecule has 1 N–H and O–H groups in total. The Hall–Kier alpha value is -3.56. The Morgan fingerprint density at radius 2 is 1.92 bits per heavy atom. The molecule has 1 aliphatic heterocycles. The van der Waals surface area contributed by atoms with Crippen molar-refractivity contribution in [3.63, 3.8) is 0 Å². The second-order valence-electron chi connectivity index (χ2n) is 4.88. The molecule has 1 aliphatic rings. The largest absolute Gasteiger partial charge is 0.486 e. The molecule has 10 heteroatoms. The van der Waals surface area contributed by atoms with Gasteiger partial charge >= 0.3 is 11.9 Å². The number of fused-ring (bicyclic) bond motifs is 1. The third kappa shape index (κ3) is 3.86. The SMILES string of the molecule is O=C(COC(=O)c1ccc([N+](=O)[O-])o1)Nc1ccc2c(c1)OCCO2. The van der Waals surface area contributed by atoms with Crippen molar-refractivity contribution in [3.8, 4) is 11.5 Å². The van der Waals surface area contributed by atoms with Gasteiger partial charge in [0.05, 0.1) is 6.07 Å². The fourth-order valence-electron chi connectivity index (χ4n) is 2.06. The first-order valence-electron chi connectivity index (χ1n) is 7.14. The van der Waals surface area contributed by atoms with Crippen molar-refractivity contribution in [2.45, 2.75) is 0 Å². The van der Waals surface area contributed by atoms with Gasteiger partial charge in [0, 0.05) is 11.8 Å². The van der Waals surface area contributed by atoms with Crippen molar-refractivity contribution in [1.29, 1.82) is 0 Å². The van der Waals surface area contributed by atoms with Crippen molar-refractivity contribution >= 4 is 23.4 Å². The summed E-state index contributed by atoms with van der Waals surface area (Å²) in [6, 6.07) is 6.97. The molecule has 0 spiro atoms. The Balaban J connectivity index is 1.54. The number of anilines is 1. The zero-order valence-corrected chi connectivity index (χ0v) is 12.7. The number of ether oxygens (including phenoxy) is 3. The van der Waals surface area contributed by atoms with Crippen molar-refractivity contribution in [2.75, 3.05) is 25.1 Å². The van der Waals surface area contributed by atoms with Gasteiger partial charge in [-0.1, -0.05) is 0 Å². The molecule has 0 aliphatic carbocycles. The quantitative estimate of drug-likeness (QED) is 0.491. The lowest BCUT2D eigenvalue weighted by molar-refractivity contribution is -0.402. The molecule has 0 saturated heterocycles. The molecule has 3 rings (SSSR count). The second kappa shape index (κ2) is 6.91. The first-order valence-corrected chi connectivity index (χ1v) is 7.14. The minimum absolute atomic E-state index is 0.362. The molecular weight excluding hydrogens is 336 g/mol. The molecule has 25 heavy (non-hydrogen) atoms. The smallest absolute Gasteiger partial charge is 0.433 e. The molecule has 0 unspecified atom stereocenters. The lowest BCUT2D eigenvalue weighted by atomic mass is 10.2. The normalized spacial score (nSPS) is 12.3. The van der Waals surface area contributed by atoms with Crippen LogP contribution in [0.1, 0.15) is 10.6 Å². The average molecular weight is 348 g/mol. The summed E-state index contributed by atoms with van der Waals surface area (Å²) in [5.74, 6) is -1.44. The zero-order valence-electron chi connectivity index (χ0n) is 12.7. The highest BCUT2D eigenvalue weighted by Crippen LogP contribution is 2.32. The molecule has 2 aromatic rings. The first-order chi connectivity index (χ1) is 12.0. The average Bonchev–Trinajstić information content (AvgIpc) is 3.10. The molecule has 0 bridgehead atoms. The third-order valence-electron chi connectivity index (χ3n) is 3.13. The van der Waals surface area contributed by atoms with Crippen LogP contribution in [0.4, 0.5) is 11.6 Å². The zero-order chi connectivity index (χ0) is 17.8. The third-order valence-corrected chi connectivity index (χ3v) is 3.13. The van der Waals surface area contributed by atoms with Crippen LogP contribution in [-0.4, -0.2) is 36.6 Å². The number of carbonyl (C=O) groups excluding carboxylic acids is 2. The van der Waals surface area contributed by atoms with Crippen LogP contribution in [0, 0.1) is 10.1 Å². The van der Waals surface area contributed by atoms with E-state index in [0.717, 1.165) is 12.1 Å². The molecule has 2 heterocycles. The predicted octanol–water partition coefficient (Wildman–Crippen LogP) is 1.75. The molecule has 0 atom stereocenters. The maximum absolute atomic E-state index is 11.8. The maximum Gasteiger partial charge on any atom is 0.433 e. The van der Waals surface area contributed by atoms with E-state index in [1.54, 1.807) is 18.2 Å². The van der Waals surface area contributed by atoms with Crippen LogP contribution in [0.5, 0.6) is 11.5 Å². The van der Waals surface area contributed by atoms with E-state index in [1.165, 1.54) is 0 Å². The number of hydrogen-bond donors (Lipinski definition) is 1. The summed E-state index contributed by atoms with van der Waals surface area (Å²) in [5.41, 5.74) is 0.443. The molecule has 1 aromatic carbocycles. The van der Waals surface area contributed by atoms with E-state index in [1.807, 2.05) is 0 Å². The topological polar surface area (TPSA) is 130 Å². The second-order valence-corrected chi connectivity index (χ2v) is 4.88. The van der Waals surface area contributed by atoms with Crippen LogP contribution >= 0.6 is 0 Å². The van der Waals surface area contributed by atoms with Gasteiger partial charge in [0.25, 0.3) is 5.91 Å². The molecule has 10 nitrogen and oxygen atoms in total. The van der Waals surface area contributed by atoms with Gasteiger partial charge in [-0.25, -0.2) is 4.79 Å². The number of amides is 1. The van der Waals surface area contributed by atoms with Gasteiger partial charge in [0.15, 0.2) is 18.1 Å². The van der Waals surface area contributed by atoms with Gasteiger partial charge < -0.3 is 23.9 Å². The fourth-order valence-corrected chi connectivity index (χ4v) is 2.06. The monoisotopic (exact) mass is 348 g/mol. The number of furan rings is 1. The molecule has 0 saturated carbocycles. The van der Waals surface area contributed by atoms with Crippen molar-refractivity contribution in [1.82, 2.24) is 0 Å². The van der Waals surface area contributed by atoms with Gasteiger partial charge in [-0.3, -0.25) is 14.9 Å². The van der Waals surface area contributed by atoms with E-state index in [2.05, 4.69) is 9.73 Å². The standard InChI is InChI=1S/C15H12N2O8/c18-13(8-24-15(19)11-3-4-14(25-11)17(20)21)16-9-1-2-10-12(7-9)23-6-5-22-10/h1-4,7H,5-6,8H2,(H,16,18). The van der Waals surface area contributed by atoms with Gasteiger partial charge in [0.1, 0.15) is 18.1 Å². The fraction of sp³-hybridized carbons (Fsp3) is 0.200. The Bertz CT molecular complexity index is 829. The van der Waals surface area contributed by atoms with E-state index in [4.69, 9.17) is 14.2 Å². The molecule has 0 fully saturated rings. The van der Waals surface area contributed by atoms with Crippen molar-refractivity contribution in [3.05, 3.63) is 46.2 Å². The van der Waals surface area contributed by atoms with Gasteiger partial charge in [-0.2, -0.15) is 0 Å². The van der Waals surface area contributed by atoms with Crippen molar-refractivity contribution in [2.24, 2.45) is 0 Å². The Morgan fingerprint density at radius 1 is 1.16 bits per heavy atom. The number of nitrogens with one attached hydrogen (secondary N) is 1.